The second-order valence-corrected chi connectivity index (χ2v) is 9.46. The molecular weight excluding hydrogens is 560 g/mol. The van der Waals surface area contributed by atoms with Crippen LogP contribution in [0.15, 0.2) is 48.5 Å². The molecule has 0 saturated carbocycles. The van der Waals surface area contributed by atoms with Gasteiger partial charge in [0.1, 0.15) is 6.17 Å². The highest BCUT2D eigenvalue weighted by Gasteiger charge is 2.35. The Hall–Kier alpha value is -1.33. The number of carbonyl (C=O) groups is 2. The van der Waals surface area contributed by atoms with E-state index in [0.717, 1.165) is 3.57 Å². The van der Waals surface area contributed by atoms with Crippen LogP contribution in [0.25, 0.3) is 0 Å². The quantitative estimate of drug-likeness (QED) is 0.184. The largest absolute Gasteiger partial charge is 0.478 e. The number of hydrogen-bond donors (Lipinski definition) is 4. The Morgan fingerprint density at radius 2 is 1.68 bits per heavy atom. The van der Waals surface area contributed by atoms with E-state index in [9.17, 15) is 9.59 Å². The van der Waals surface area contributed by atoms with Gasteiger partial charge in [-0.15, -0.1) is 0 Å². The fraction of sp³-hybridized carbons (Fsp3) is 0.118. The minimum absolute atomic E-state index is 0.0716. The lowest BCUT2D eigenvalue weighted by atomic mass is 10.2. The van der Waals surface area contributed by atoms with Gasteiger partial charge in [0, 0.05) is 14.8 Å². The molecule has 1 atom stereocenters. The summed E-state index contributed by atoms with van der Waals surface area (Å²) in [6.07, 6.45) is -1.12. The Morgan fingerprint density at radius 1 is 1.04 bits per heavy atom. The predicted molar refractivity (Wildman–Crippen MR) is 123 cm³/mol. The average Bonchev–Trinajstić information content (AvgIpc) is 2.60. The third-order valence-electron chi connectivity index (χ3n) is 3.35. The predicted octanol–water partition coefficient (Wildman–Crippen LogP) is 4.40. The van der Waals surface area contributed by atoms with Crippen LogP contribution in [0, 0.1) is 3.57 Å². The van der Waals surface area contributed by atoms with Gasteiger partial charge >= 0.3 is 5.97 Å². The summed E-state index contributed by atoms with van der Waals surface area (Å²) in [5.74, 6) is -1.49. The molecule has 148 valence electrons. The second-order valence-electron chi connectivity index (χ2n) is 5.44. The number of anilines is 1. The number of carboxylic acid groups (broad SMARTS) is 1. The van der Waals surface area contributed by atoms with Gasteiger partial charge in [0.2, 0.25) is 3.79 Å². The molecule has 2 aromatic carbocycles. The van der Waals surface area contributed by atoms with Crippen molar-refractivity contribution in [2.45, 2.75) is 9.96 Å². The highest BCUT2D eigenvalue weighted by molar-refractivity contribution is 14.1. The van der Waals surface area contributed by atoms with Gasteiger partial charge in [-0.25, -0.2) is 4.79 Å². The Morgan fingerprint density at radius 3 is 2.21 bits per heavy atom. The van der Waals surface area contributed by atoms with E-state index in [1.54, 1.807) is 18.2 Å². The van der Waals surface area contributed by atoms with Gasteiger partial charge in [-0.2, -0.15) is 0 Å². The van der Waals surface area contributed by atoms with Gasteiger partial charge in [0.15, 0.2) is 5.11 Å². The zero-order chi connectivity index (χ0) is 20.9. The van der Waals surface area contributed by atoms with Crippen molar-refractivity contribution in [1.82, 2.24) is 10.6 Å². The van der Waals surface area contributed by atoms with Crippen LogP contribution >= 0.6 is 69.6 Å². The van der Waals surface area contributed by atoms with Gasteiger partial charge in [0.05, 0.1) is 5.56 Å². The molecule has 0 aliphatic heterocycles. The number of rotatable bonds is 5. The van der Waals surface area contributed by atoms with Crippen molar-refractivity contribution in [3.8, 4) is 0 Å². The first-order valence-corrected chi connectivity index (χ1v) is 10.2. The number of aromatic carboxylic acids is 1. The van der Waals surface area contributed by atoms with E-state index in [-0.39, 0.29) is 10.7 Å². The van der Waals surface area contributed by atoms with Crippen molar-refractivity contribution in [1.29, 1.82) is 0 Å². The smallest absolute Gasteiger partial charge is 0.335 e. The van der Waals surface area contributed by atoms with Crippen LogP contribution in [-0.4, -0.2) is 32.1 Å². The number of carboxylic acids is 1. The summed E-state index contributed by atoms with van der Waals surface area (Å²) in [5, 5.41) is 17.1. The van der Waals surface area contributed by atoms with E-state index in [0.29, 0.717) is 11.3 Å². The molecule has 4 N–H and O–H groups in total. The summed E-state index contributed by atoms with van der Waals surface area (Å²) >= 11 is 25.2. The van der Waals surface area contributed by atoms with E-state index < -0.39 is 21.8 Å². The number of hydrogen-bond acceptors (Lipinski definition) is 3. The first kappa shape index (κ1) is 23.0. The molecule has 0 fully saturated rings. The number of amides is 1. The maximum absolute atomic E-state index is 12.4. The fourth-order valence-electron chi connectivity index (χ4n) is 2.04. The van der Waals surface area contributed by atoms with Crippen molar-refractivity contribution in [2.24, 2.45) is 0 Å². The topological polar surface area (TPSA) is 90.5 Å². The van der Waals surface area contributed by atoms with Crippen molar-refractivity contribution in [3.05, 3.63) is 63.2 Å². The van der Waals surface area contributed by atoms with E-state index in [1.807, 2.05) is 6.07 Å². The van der Waals surface area contributed by atoms with Crippen molar-refractivity contribution >= 4 is 92.3 Å². The molecule has 0 spiro atoms. The number of halogens is 4. The Kier molecular flexibility index (Phi) is 8.14. The van der Waals surface area contributed by atoms with Crippen molar-refractivity contribution in [2.75, 3.05) is 5.32 Å². The van der Waals surface area contributed by atoms with E-state index >= 15 is 0 Å². The Balaban J connectivity index is 2.06. The van der Waals surface area contributed by atoms with E-state index in [4.69, 9.17) is 52.1 Å². The Labute approximate surface area is 195 Å². The number of benzene rings is 2. The summed E-state index contributed by atoms with van der Waals surface area (Å²) in [7, 11) is 0. The SMILES string of the molecule is O=C(O)c1ccc(NC(=S)N[C@H](NC(=O)c2cccc(I)c2)C(Cl)(Cl)Cl)cc1. The van der Waals surface area contributed by atoms with E-state index in [1.165, 1.54) is 24.3 Å². The normalized spacial score (nSPS) is 12.0. The molecule has 1 amide bonds. The molecule has 0 aliphatic carbocycles. The summed E-state index contributed by atoms with van der Waals surface area (Å²) in [5.41, 5.74) is 1.05. The lowest BCUT2D eigenvalue weighted by Gasteiger charge is -2.27. The lowest BCUT2D eigenvalue weighted by Crippen LogP contribution is -2.56. The molecule has 0 saturated heterocycles. The summed E-state index contributed by atoms with van der Waals surface area (Å²) in [6, 6.07) is 12.8. The molecule has 0 unspecified atom stereocenters. The fourth-order valence-corrected chi connectivity index (χ4v) is 3.14. The summed E-state index contributed by atoms with van der Waals surface area (Å²) in [6.45, 7) is 0. The molecule has 28 heavy (non-hydrogen) atoms. The molecule has 0 aliphatic rings. The van der Waals surface area contributed by atoms with Gasteiger partial charge in [-0.05, 0) is 77.3 Å². The second kappa shape index (κ2) is 9.93. The highest BCUT2D eigenvalue weighted by atomic mass is 127. The minimum Gasteiger partial charge on any atom is -0.478 e. The molecular formula is C17H13Cl3IN3O3S. The van der Waals surface area contributed by atoms with Crippen LogP contribution in [0.2, 0.25) is 0 Å². The molecule has 2 aromatic rings. The summed E-state index contributed by atoms with van der Waals surface area (Å²) < 4.78 is -1.01. The molecule has 0 bridgehead atoms. The average molecular weight is 573 g/mol. The monoisotopic (exact) mass is 571 g/mol. The first-order chi connectivity index (χ1) is 13.1. The van der Waals surface area contributed by atoms with Gasteiger partial charge in [0.25, 0.3) is 5.91 Å². The summed E-state index contributed by atoms with van der Waals surface area (Å²) in [4.78, 5) is 23.3. The number of thiocarbonyl (C=S) groups is 1. The van der Waals surface area contributed by atoms with Crippen LogP contribution in [0.3, 0.4) is 0 Å². The van der Waals surface area contributed by atoms with Crippen LogP contribution in [0.1, 0.15) is 20.7 Å². The van der Waals surface area contributed by atoms with Gasteiger partial charge in [-0.3, -0.25) is 4.79 Å². The maximum Gasteiger partial charge on any atom is 0.335 e. The number of carbonyl (C=O) groups excluding carboxylic acids is 1. The molecule has 11 heteroatoms. The molecule has 0 radical (unpaired) electrons. The minimum atomic E-state index is -1.89. The van der Waals surface area contributed by atoms with Crippen molar-refractivity contribution < 1.29 is 14.7 Å². The zero-order valence-corrected chi connectivity index (χ0v) is 19.1. The van der Waals surface area contributed by atoms with Crippen molar-refractivity contribution in [3.63, 3.8) is 0 Å². The van der Waals surface area contributed by atoms with Crippen LogP contribution in [0.5, 0.6) is 0 Å². The van der Waals surface area contributed by atoms with E-state index in [2.05, 4.69) is 38.5 Å². The lowest BCUT2D eigenvalue weighted by molar-refractivity contribution is 0.0696. The highest BCUT2D eigenvalue weighted by Crippen LogP contribution is 2.29. The zero-order valence-electron chi connectivity index (χ0n) is 13.9. The molecule has 6 nitrogen and oxygen atoms in total. The molecule has 0 aromatic heterocycles. The maximum atomic E-state index is 12.4. The third-order valence-corrected chi connectivity index (χ3v) is 4.90. The van der Waals surface area contributed by atoms with Gasteiger partial charge in [-0.1, -0.05) is 40.9 Å². The molecule has 0 heterocycles. The number of alkyl halides is 3. The van der Waals surface area contributed by atoms with Crippen LogP contribution < -0.4 is 16.0 Å². The van der Waals surface area contributed by atoms with Crippen LogP contribution in [0.4, 0.5) is 5.69 Å². The Bertz CT molecular complexity index is 891. The molecule has 2 rings (SSSR count). The number of nitrogens with one attached hydrogen (secondary N) is 3. The first-order valence-electron chi connectivity index (χ1n) is 7.60. The van der Waals surface area contributed by atoms with Crippen LogP contribution in [-0.2, 0) is 0 Å². The standard InChI is InChI=1S/C17H13Cl3IN3O3S/c18-17(19,20)15(23-13(25)10-2-1-3-11(21)8-10)24-16(28)22-12-6-4-9(5-7-12)14(26)27/h1-8,15H,(H,23,25)(H,26,27)(H2,22,24,28)/t15-/m0/s1. The third kappa shape index (κ3) is 6.93. The van der Waals surface area contributed by atoms with Gasteiger partial charge < -0.3 is 21.1 Å².